The molecule has 4 rings (SSSR count). The molecule has 6 nitrogen and oxygen atoms in total. The summed E-state index contributed by atoms with van der Waals surface area (Å²) in [6.07, 6.45) is 0.765. The van der Waals surface area contributed by atoms with E-state index in [1.807, 2.05) is 31.2 Å². The fourth-order valence-corrected chi connectivity index (χ4v) is 3.93. The number of anilines is 2. The van der Waals surface area contributed by atoms with Crippen LogP contribution in [0.15, 0.2) is 66.7 Å². The second-order valence-electron chi connectivity index (χ2n) is 8.04. The molecule has 0 unspecified atom stereocenters. The number of urea groups is 1. The predicted molar refractivity (Wildman–Crippen MR) is 126 cm³/mol. The normalized spacial score (nSPS) is 13.7. The molecule has 170 valence electrons. The van der Waals surface area contributed by atoms with Gasteiger partial charge in [-0.1, -0.05) is 18.2 Å². The second kappa shape index (κ2) is 9.73. The quantitative estimate of drug-likeness (QED) is 0.563. The fraction of sp³-hybridized carbons (Fsp3) is 0.231. The topological polar surface area (TPSA) is 61.9 Å². The number of amides is 3. The van der Waals surface area contributed by atoms with E-state index in [9.17, 15) is 14.0 Å². The molecular weight excluding hydrogens is 421 g/mol. The van der Waals surface area contributed by atoms with Gasteiger partial charge in [0.15, 0.2) is 0 Å². The maximum absolute atomic E-state index is 13.6. The van der Waals surface area contributed by atoms with E-state index in [-0.39, 0.29) is 17.8 Å². The van der Waals surface area contributed by atoms with E-state index in [1.165, 1.54) is 12.1 Å². The van der Waals surface area contributed by atoms with Crippen LogP contribution in [0.2, 0.25) is 0 Å². The standard InChI is InChI=1S/C26H26FN3O3/c1-18-7-12-24(23(15-18)28-25(31)20-8-10-22(33-2)11-9-20)30-14-4-13-29(26(30)32)17-19-5-3-6-21(27)16-19/h3,5-12,15-16H,4,13-14,17H2,1-2H3,(H,28,31). The molecule has 0 aliphatic carbocycles. The zero-order valence-electron chi connectivity index (χ0n) is 18.7. The van der Waals surface area contributed by atoms with Gasteiger partial charge in [0.2, 0.25) is 0 Å². The van der Waals surface area contributed by atoms with E-state index in [2.05, 4.69) is 5.32 Å². The Morgan fingerprint density at radius 1 is 1.06 bits per heavy atom. The minimum atomic E-state index is -0.323. The van der Waals surface area contributed by atoms with Gasteiger partial charge in [-0.25, -0.2) is 9.18 Å². The van der Waals surface area contributed by atoms with Gasteiger partial charge >= 0.3 is 6.03 Å². The summed E-state index contributed by atoms with van der Waals surface area (Å²) in [5, 5.41) is 2.95. The number of halogens is 1. The number of carbonyl (C=O) groups is 2. The van der Waals surface area contributed by atoms with Crippen molar-refractivity contribution in [1.29, 1.82) is 0 Å². The number of rotatable bonds is 6. The van der Waals surface area contributed by atoms with E-state index in [0.29, 0.717) is 42.3 Å². The monoisotopic (exact) mass is 447 g/mol. The molecule has 1 saturated heterocycles. The Morgan fingerprint density at radius 2 is 1.85 bits per heavy atom. The lowest BCUT2D eigenvalue weighted by atomic mass is 10.1. The first-order valence-corrected chi connectivity index (χ1v) is 10.8. The highest BCUT2D eigenvalue weighted by Crippen LogP contribution is 2.31. The van der Waals surface area contributed by atoms with E-state index in [0.717, 1.165) is 17.5 Å². The van der Waals surface area contributed by atoms with Gasteiger partial charge in [-0.2, -0.15) is 0 Å². The Kier molecular flexibility index (Phi) is 6.58. The van der Waals surface area contributed by atoms with Crippen molar-refractivity contribution < 1.29 is 18.7 Å². The van der Waals surface area contributed by atoms with Crippen molar-refractivity contribution in [2.45, 2.75) is 19.9 Å². The van der Waals surface area contributed by atoms with Crippen LogP contribution in [0.25, 0.3) is 0 Å². The van der Waals surface area contributed by atoms with Crippen LogP contribution in [-0.2, 0) is 6.54 Å². The molecule has 0 atom stereocenters. The number of methoxy groups -OCH3 is 1. The second-order valence-corrected chi connectivity index (χ2v) is 8.04. The van der Waals surface area contributed by atoms with Gasteiger partial charge in [0.05, 0.1) is 18.5 Å². The van der Waals surface area contributed by atoms with Crippen molar-refractivity contribution in [1.82, 2.24) is 4.90 Å². The molecule has 1 heterocycles. The maximum Gasteiger partial charge on any atom is 0.324 e. The van der Waals surface area contributed by atoms with Crippen LogP contribution in [0.3, 0.4) is 0 Å². The third kappa shape index (κ3) is 5.14. The number of ether oxygens (including phenoxy) is 1. The Bertz CT molecular complexity index is 1160. The zero-order valence-corrected chi connectivity index (χ0v) is 18.7. The first-order chi connectivity index (χ1) is 15.9. The van der Waals surface area contributed by atoms with Crippen LogP contribution in [0.1, 0.15) is 27.9 Å². The molecule has 3 aromatic rings. The van der Waals surface area contributed by atoms with Gasteiger partial charge in [0.1, 0.15) is 11.6 Å². The zero-order chi connectivity index (χ0) is 23.4. The Hall–Kier alpha value is -3.87. The molecular formula is C26H26FN3O3. The van der Waals surface area contributed by atoms with Gasteiger partial charge in [-0.05, 0) is 73.0 Å². The summed E-state index contributed by atoms with van der Waals surface area (Å²) >= 11 is 0. The molecule has 1 N–H and O–H groups in total. The highest BCUT2D eigenvalue weighted by molar-refractivity contribution is 6.07. The van der Waals surface area contributed by atoms with Crippen LogP contribution in [-0.4, -0.2) is 37.0 Å². The molecule has 7 heteroatoms. The lowest BCUT2D eigenvalue weighted by Gasteiger charge is -2.36. The number of aryl methyl sites for hydroxylation is 1. The average molecular weight is 448 g/mol. The summed E-state index contributed by atoms with van der Waals surface area (Å²) in [6.45, 7) is 3.38. The van der Waals surface area contributed by atoms with Crippen LogP contribution in [0.4, 0.5) is 20.6 Å². The lowest BCUT2D eigenvalue weighted by Crippen LogP contribution is -2.49. The van der Waals surface area contributed by atoms with Crippen molar-refractivity contribution in [3.8, 4) is 5.75 Å². The third-order valence-corrected chi connectivity index (χ3v) is 5.62. The van der Waals surface area contributed by atoms with E-state index < -0.39 is 0 Å². The molecule has 3 aromatic carbocycles. The number of carbonyl (C=O) groups excluding carboxylic acids is 2. The van der Waals surface area contributed by atoms with Crippen LogP contribution in [0, 0.1) is 12.7 Å². The first kappa shape index (κ1) is 22.3. The van der Waals surface area contributed by atoms with Crippen molar-refractivity contribution >= 4 is 23.3 Å². The Labute approximate surface area is 192 Å². The highest BCUT2D eigenvalue weighted by atomic mass is 19.1. The van der Waals surface area contributed by atoms with Gasteiger partial charge < -0.3 is 15.0 Å². The molecule has 1 fully saturated rings. The molecule has 33 heavy (non-hydrogen) atoms. The smallest absolute Gasteiger partial charge is 0.324 e. The first-order valence-electron chi connectivity index (χ1n) is 10.8. The molecule has 0 saturated carbocycles. The molecule has 0 aromatic heterocycles. The molecule has 3 amide bonds. The molecule has 0 radical (unpaired) electrons. The van der Waals surface area contributed by atoms with Crippen molar-refractivity contribution in [3.05, 3.63) is 89.2 Å². The summed E-state index contributed by atoms with van der Waals surface area (Å²) in [7, 11) is 1.57. The number of nitrogens with zero attached hydrogens (tertiary/aromatic N) is 2. The third-order valence-electron chi connectivity index (χ3n) is 5.62. The highest BCUT2D eigenvalue weighted by Gasteiger charge is 2.29. The Morgan fingerprint density at radius 3 is 2.58 bits per heavy atom. The Balaban J connectivity index is 1.56. The number of hydrogen-bond acceptors (Lipinski definition) is 3. The van der Waals surface area contributed by atoms with E-state index in [1.54, 1.807) is 47.2 Å². The summed E-state index contributed by atoms with van der Waals surface area (Å²) < 4.78 is 18.7. The van der Waals surface area contributed by atoms with E-state index in [4.69, 9.17) is 4.74 Å². The molecule has 1 aliphatic rings. The van der Waals surface area contributed by atoms with Gasteiger partial charge in [0.25, 0.3) is 5.91 Å². The van der Waals surface area contributed by atoms with Crippen LogP contribution >= 0.6 is 0 Å². The largest absolute Gasteiger partial charge is 0.497 e. The van der Waals surface area contributed by atoms with Gasteiger partial charge in [-0.3, -0.25) is 9.69 Å². The molecule has 0 spiro atoms. The fourth-order valence-electron chi connectivity index (χ4n) is 3.93. The molecule has 1 aliphatic heterocycles. The predicted octanol–water partition coefficient (Wildman–Crippen LogP) is 5.23. The van der Waals surface area contributed by atoms with E-state index >= 15 is 0 Å². The minimum absolute atomic E-state index is 0.172. The van der Waals surface area contributed by atoms with Gasteiger partial charge in [-0.15, -0.1) is 0 Å². The SMILES string of the molecule is COc1ccc(C(=O)Nc2cc(C)ccc2N2CCCN(Cc3cccc(F)c3)C2=O)cc1. The van der Waals surface area contributed by atoms with Crippen LogP contribution in [0.5, 0.6) is 5.75 Å². The number of hydrogen-bond donors (Lipinski definition) is 1. The number of benzene rings is 3. The van der Waals surface area contributed by atoms with Gasteiger partial charge in [0, 0.05) is 25.2 Å². The summed E-state index contributed by atoms with van der Waals surface area (Å²) in [4.78, 5) is 29.6. The number of nitrogens with one attached hydrogen (secondary N) is 1. The lowest BCUT2D eigenvalue weighted by molar-refractivity contribution is 0.102. The van der Waals surface area contributed by atoms with Crippen molar-refractivity contribution in [2.24, 2.45) is 0 Å². The van der Waals surface area contributed by atoms with Crippen molar-refractivity contribution in [3.63, 3.8) is 0 Å². The summed E-state index contributed by atoms with van der Waals surface area (Å²) in [6, 6.07) is 18.6. The minimum Gasteiger partial charge on any atom is -0.497 e. The summed E-state index contributed by atoms with van der Waals surface area (Å²) in [5.74, 6) is 0.0709. The average Bonchev–Trinajstić information content (AvgIpc) is 2.81. The maximum atomic E-state index is 13.6. The van der Waals surface area contributed by atoms with Crippen molar-refractivity contribution in [2.75, 3.05) is 30.4 Å². The van der Waals surface area contributed by atoms with Crippen LogP contribution < -0.4 is 15.0 Å². The molecule has 0 bridgehead atoms. The summed E-state index contributed by atoms with van der Waals surface area (Å²) in [5.41, 5.74) is 3.39.